The van der Waals surface area contributed by atoms with Crippen LogP contribution in [0.1, 0.15) is 33.6 Å². The normalized spacial score (nSPS) is 13.8. The molecule has 0 radical (unpaired) electrons. The van der Waals surface area contributed by atoms with Crippen molar-refractivity contribution in [2.75, 3.05) is 13.1 Å². The summed E-state index contributed by atoms with van der Waals surface area (Å²) in [5.41, 5.74) is 0. The molecule has 1 aromatic rings. The Kier molecular flexibility index (Phi) is 7.54. The Morgan fingerprint density at radius 2 is 1.52 bits per heavy atom. The number of sulfonamides is 2. The summed E-state index contributed by atoms with van der Waals surface area (Å²) in [5.74, 6) is -1.26. The molecule has 1 aromatic carbocycles. The van der Waals surface area contributed by atoms with E-state index < -0.39 is 32.1 Å². The molecule has 0 heterocycles. The monoisotopic (exact) mass is 392 g/mol. The van der Waals surface area contributed by atoms with Crippen LogP contribution in [0.2, 0.25) is 0 Å². The van der Waals surface area contributed by atoms with Gasteiger partial charge in [-0.15, -0.1) is 0 Å². The Bertz CT molecular complexity index is 784. The van der Waals surface area contributed by atoms with E-state index in [0.29, 0.717) is 19.5 Å². The molecule has 0 saturated heterocycles. The number of nitrogens with zero attached hydrogens (tertiary/aromatic N) is 1. The third kappa shape index (κ3) is 5.24. The third-order valence-electron chi connectivity index (χ3n) is 3.65. The van der Waals surface area contributed by atoms with Crippen molar-refractivity contribution >= 4 is 26.0 Å². The largest absolute Gasteiger partial charge is 0.480 e. The molecule has 0 saturated carbocycles. The van der Waals surface area contributed by atoms with E-state index in [1.807, 2.05) is 0 Å². The zero-order chi connectivity index (χ0) is 19.3. The van der Waals surface area contributed by atoms with Gasteiger partial charge in [-0.25, -0.2) is 16.8 Å². The fourth-order valence-corrected chi connectivity index (χ4v) is 4.96. The fraction of sp³-hybridized carbons (Fsp3) is 0.533. The number of carboxylic acid groups (broad SMARTS) is 1. The smallest absolute Gasteiger partial charge is 0.321 e. The highest BCUT2D eigenvalue weighted by atomic mass is 32.2. The second-order valence-corrected chi connectivity index (χ2v) is 9.01. The third-order valence-corrected chi connectivity index (χ3v) is 7.20. The van der Waals surface area contributed by atoms with Crippen LogP contribution in [0.25, 0.3) is 0 Å². The highest BCUT2D eigenvalue weighted by Crippen LogP contribution is 2.18. The van der Waals surface area contributed by atoms with Crippen molar-refractivity contribution in [1.82, 2.24) is 9.03 Å². The van der Waals surface area contributed by atoms with Crippen molar-refractivity contribution in [3.8, 4) is 0 Å². The van der Waals surface area contributed by atoms with E-state index in [1.165, 1.54) is 16.4 Å². The van der Waals surface area contributed by atoms with Crippen LogP contribution in [-0.4, -0.2) is 51.3 Å². The van der Waals surface area contributed by atoms with E-state index in [1.54, 1.807) is 20.8 Å². The van der Waals surface area contributed by atoms with Gasteiger partial charge in [0.25, 0.3) is 0 Å². The van der Waals surface area contributed by atoms with E-state index in [0.717, 1.165) is 12.1 Å². The molecule has 0 bridgehead atoms. The maximum Gasteiger partial charge on any atom is 0.321 e. The van der Waals surface area contributed by atoms with Crippen LogP contribution in [0.15, 0.2) is 34.1 Å². The van der Waals surface area contributed by atoms with E-state index in [4.69, 9.17) is 5.11 Å². The van der Waals surface area contributed by atoms with Crippen LogP contribution in [-0.2, 0) is 24.8 Å². The first-order valence-electron chi connectivity index (χ1n) is 7.95. The van der Waals surface area contributed by atoms with Gasteiger partial charge in [0.1, 0.15) is 6.04 Å². The van der Waals surface area contributed by atoms with Crippen LogP contribution in [0, 0.1) is 0 Å². The topological polar surface area (TPSA) is 121 Å². The summed E-state index contributed by atoms with van der Waals surface area (Å²) in [7, 11) is -7.74. The average Bonchev–Trinajstić information content (AvgIpc) is 2.55. The number of hydrogen-bond donors (Lipinski definition) is 2. The molecule has 0 fully saturated rings. The van der Waals surface area contributed by atoms with Crippen molar-refractivity contribution in [2.24, 2.45) is 0 Å². The lowest BCUT2D eigenvalue weighted by molar-refractivity contribution is -0.139. The summed E-state index contributed by atoms with van der Waals surface area (Å²) in [5, 5.41) is 9.07. The minimum Gasteiger partial charge on any atom is -0.480 e. The van der Waals surface area contributed by atoms with E-state index >= 15 is 0 Å². The van der Waals surface area contributed by atoms with Gasteiger partial charge in [0.05, 0.1) is 9.79 Å². The molecule has 25 heavy (non-hydrogen) atoms. The Morgan fingerprint density at radius 3 is 1.92 bits per heavy atom. The molecule has 1 unspecified atom stereocenters. The first-order chi connectivity index (χ1) is 11.6. The summed E-state index contributed by atoms with van der Waals surface area (Å²) in [6.07, 6.45) is 0.656. The second-order valence-electron chi connectivity index (χ2n) is 5.36. The number of carbonyl (C=O) groups is 1. The molecular weight excluding hydrogens is 368 g/mol. The van der Waals surface area contributed by atoms with Crippen molar-refractivity contribution in [3.63, 3.8) is 0 Å². The maximum absolute atomic E-state index is 12.4. The van der Waals surface area contributed by atoms with Crippen LogP contribution in [0.4, 0.5) is 0 Å². The lowest BCUT2D eigenvalue weighted by atomic mass is 10.2. The maximum atomic E-state index is 12.4. The van der Waals surface area contributed by atoms with Gasteiger partial charge in [-0.1, -0.05) is 27.2 Å². The summed E-state index contributed by atoms with van der Waals surface area (Å²) in [6.45, 7) is 5.78. The minimum atomic E-state index is -4.06. The van der Waals surface area contributed by atoms with E-state index in [9.17, 15) is 21.6 Å². The van der Waals surface area contributed by atoms with Gasteiger partial charge in [-0.3, -0.25) is 4.79 Å². The zero-order valence-electron chi connectivity index (χ0n) is 14.5. The summed E-state index contributed by atoms with van der Waals surface area (Å²) in [6, 6.07) is 3.50. The average molecular weight is 392 g/mol. The number of carboxylic acids is 1. The minimum absolute atomic E-state index is 0.0153. The fourth-order valence-electron chi connectivity index (χ4n) is 2.28. The summed E-state index contributed by atoms with van der Waals surface area (Å²) < 4.78 is 52.8. The van der Waals surface area contributed by atoms with Gasteiger partial charge in [0.15, 0.2) is 0 Å². The summed E-state index contributed by atoms with van der Waals surface area (Å²) >= 11 is 0. The molecule has 0 aliphatic carbocycles. The van der Waals surface area contributed by atoms with Crippen LogP contribution in [0.3, 0.4) is 0 Å². The molecule has 0 amide bonds. The molecule has 1 atom stereocenters. The number of benzene rings is 1. The SMILES string of the molecule is CCCC(NS(=O)(=O)c1ccc(S(=O)(=O)N(CC)CC)cc1)C(=O)O. The summed E-state index contributed by atoms with van der Waals surface area (Å²) in [4.78, 5) is 10.9. The Labute approximate surface area is 149 Å². The first-order valence-corrected chi connectivity index (χ1v) is 10.9. The molecular formula is C15H24N2O6S2. The van der Waals surface area contributed by atoms with Crippen molar-refractivity contribution in [3.05, 3.63) is 24.3 Å². The molecule has 10 heteroatoms. The molecule has 142 valence electrons. The number of nitrogens with one attached hydrogen (secondary N) is 1. The Morgan fingerprint density at radius 1 is 1.04 bits per heavy atom. The number of aliphatic carboxylic acids is 1. The lowest BCUT2D eigenvalue weighted by Crippen LogP contribution is -2.40. The molecule has 0 aliphatic heterocycles. The molecule has 0 aromatic heterocycles. The zero-order valence-corrected chi connectivity index (χ0v) is 16.1. The van der Waals surface area contributed by atoms with Gasteiger partial charge in [-0.05, 0) is 30.7 Å². The van der Waals surface area contributed by atoms with Gasteiger partial charge in [0, 0.05) is 13.1 Å². The highest BCUT2D eigenvalue weighted by molar-refractivity contribution is 7.89. The number of hydrogen-bond acceptors (Lipinski definition) is 5. The lowest BCUT2D eigenvalue weighted by Gasteiger charge is -2.18. The van der Waals surface area contributed by atoms with Crippen LogP contribution < -0.4 is 4.72 Å². The van der Waals surface area contributed by atoms with E-state index in [-0.39, 0.29) is 16.2 Å². The van der Waals surface area contributed by atoms with Crippen molar-refractivity contribution < 1.29 is 26.7 Å². The number of rotatable bonds is 10. The molecule has 0 spiro atoms. The quantitative estimate of drug-likeness (QED) is 0.618. The molecule has 0 aliphatic rings. The molecule has 2 N–H and O–H groups in total. The Hall–Kier alpha value is -1.49. The van der Waals surface area contributed by atoms with Crippen molar-refractivity contribution in [1.29, 1.82) is 0 Å². The van der Waals surface area contributed by atoms with Crippen molar-refractivity contribution in [2.45, 2.75) is 49.4 Å². The standard InChI is InChI=1S/C15H24N2O6S2/c1-4-7-14(15(18)19)16-24(20,21)12-8-10-13(11-9-12)25(22,23)17(5-2)6-3/h8-11,14,16H,4-7H2,1-3H3,(H,18,19). The Balaban J connectivity index is 3.11. The second kappa shape index (κ2) is 8.75. The van der Waals surface area contributed by atoms with Gasteiger partial charge in [-0.2, -0.15) is 9.03 Å². The van der Waals surface area contributed by atoms with Gasteiger partial charge in [0.2, 0.25) is 20.0 Å². The first kappa shape index (κ1) is 21.6. The predicted molar refractivity (Wildman–Crippen MR) is 93.2 cm³/mol. The molecule has 1 rings (SSSR count). The van der Waals surface area contributed by atoms with Crippen LogP contribution in [0.5, 0.6) is 0 Å². The predicted octanol–water partition coefficient (Wildman–Crippen LogP) is 1.25. The van der Waals surface area contributed by atoms with Gasteiger partial charge >= 0.3 is 5.97 Å². The van der Waals surface area contributed by atoms with Gasteiger partial charge < -0.3 is 5.11 Å². The molecule has 8 nitrogen and oxygen atoms in total. The van der Waals surface area contributed by atoms with Crippen LogP contribution >= 0.6 is 0 Å². The highest BCUT2D eigenvalue weighted by Gasteiger charge is 2.26. The van der Waals surface area contributed by atoms with E-state index in [2.05, 4.69) is 4.72 Å².